The molecule has 0 unspecified atom stereocenters. The molecule has 0 bridgehead atoms. The Kier molecular flexibility index (Phi) is 7.51. The lowest BCUT2D eigenvalue weighted by molar-refractivity contribution is 0.241. The average Bonchev–Trinajstić information content (AvgIpc) is 2.83. The summed E-state index contributed by atoms with van der Waals surface area (Å²) in [6.07, 6.45) is 0. The van der Waals surface area contributed by atoms with E-state index in [1.165, 1.54) is 11.8 Å². The molecule has 33 heavy (non-hydrogen) atoms. The number of piperazine rings is 1. The molecule has 4 rings (SSSR count). The van der Waals surface area contributed by atoms with E-state index >= 15 is 0 Å². The third-order valence-corrected chi connectivity index (χ3v) is 7.80. The van der Waals surface area contributed by atoms with Crippen molar-refractivity contribution in [2.45, 2.75) is 15.8 Å². The van der Waals surface area contributed by atoms with Gasteiger partial charge in [-0.3, -0.25) is 14.3 Å². The number of benzene rings is 2. The quantitative estimate of drug-likeness (QED) is 0.529. The normalized spacial score (nSPS) is 15.6. The maximum atomic E-state index is 13.1. The van der Waals surface area contributed by atoms with Crippen LogP contribution in [0.15, 0.2) is 63.1 Å². The van der Waals surface area contributed by atoms with Gasteiger partial charge < -0.3 is 16.4 Å². The first-order chi connectivity index (χ1) is 15.8. The van der Waals surface area contributed by atoms with Gasteiger partial charge in [-0.2, -0.15) is 4.98 Å². The summed E-state index contributed by atoms with van der Waals surface area (Å²) >= 11 is 13.6. The number of rotatable bonds is 6. The lowest BCUT2D eigenvalue weighted by Gasteiger charge is -2.37. The van der Waals surface area contributed by atoms with Crippen molar-refractivity contribution in [2.75, 3.05) is 43.4 Å². The summed E-state index contributed by atoms with van der Waals surface area (Å²) in [6.45, 7) is 3.89. The minimum absolute atomic E-state index is 0.0366. The molecule has 1 fully saturated rings. The SMILES string of the molecule is Cn1c(N2CCN(C[C@@H](N)c3ccccc3)CC2)nc(N)c(Sc2cccc(Cl)c2Cl)c1=O. The molecular weight excluding hydrogens is 479 g/mol. The number of aromatic nitrogens is 2. The summed E-state index contributed by atoms with van der Waals surface area (Å²) in [5.41, 5.74) is 13.5. The molecule has 0 aliphatic carbocycles. The average molecular weight is 505 g/mol. The second kappa shape index (κ2) is 10.4. The molecule has 2 aromatic carbocycles. The zero-order valence-electron chi connectivity index (χ0n) is 18.2. The minimum atomic E-state index is -0.216. The van der Waals surface area contributed by atoms with Gasteiger partial charge >= 0.3 is 0 Å². The molecule has 0 radical (unpaired) electrons. The van der Waals surface area contributed by atoms with Crippen LogP contribution in [0.2, 0.25) is 10.0 Å². The molecule has 1 atom stereocenters. The van der Waals surface area contributed by atoms with Crippen molar-refractivity contribution in [3.05, 3.63) is 74.5 Å². The number of anilines is 2. The lowest BCUT2D eigenvalue weighted by Crippen LogP contribution is -2.49. The predicted octanol–water partition coefficient (Wildman–Crippen LogP) is 3.64. The Hall–Kier alpha value is -2.23. The largest absolute Gasteiger partial charge is 0.382 e. The Morgan fingerprint density at radius 1 is 1.06 bits per heavy atom. The van der Waals surface area contributed by atoms with Crippen LogP contribution in [-0.2, 0) is 7.05 Å². The summed E-state index contributed by atoms with van der Waals surface area (Å²) in [4.78, 5) is 23.1. The number of hydrogen-bond donors (Lipinski definition) is 2. The van der Waals surface area contributed by atoms with Gasteiger partial charge in [-0.25, -0.2) is 0 Å². The molecule has 3 aromatic rings. The van der Waals surface area contributed by atoms with Crippen LogP contribution in [0.1, 0.15) is 11.6 Å². The zero-order chi connectivity index (χ0) is 23.5. The number of nitrogen functional groups attached to an aromatic ring is 1. The second-order valence-electron chi connectivity index (χ2n) is 7.95. The number of halogens is 2. The Morgan fingerprint density at radius 3 is 2.45 bits per heavy atom. The second-order valence-corrected chi connectivity index (χ2v) is 9.79. The monoisotopic (exact) mass is 504 g/mol. The zero-order valence-corrected chi connectivity index (χ0v) is 20.6. The summed E-state index contributed by atoms with van der Waals surface area (Å²) in [6, 6.07) is 15.4. The first-order valence-corrected chi connectivity index (χ1v) is 12.2. The van der Waals surface area contributed by atoms with Crippen LogP contribution in [0.5, 0.6) is 0 Å². The third kappa shape index (κ3) is 5.31. The van der Waals surface area contributed by atoms with Crippen molar-refractivity contribution >= 4 is 46.7 Å². The van der Waals surface area contributed by atoms with E-state index in [0.717, 1.165) is 38.3 Å². The van der Waals surface area contributed by atoms with Crippen LogP contribution in [0.25, 0.3) is 0 Å². The van der Waals surface area contributed by atoms with Gasteiger partial charge in [0.05, 0.1) is 10.0 Å². The summed E-state index contributed by atoms with van der Waals surface area (Å²) in [7, 11) is 1.71. The predicted molar refractivity (Wildman–Crippen MR) is 136 cm³/mol. The van der Waals surface area contributed by atoms with Crippen molar-refractivity contribution in [1.29, 1.82) is 0 Å². The van der Waals surface area contributed by atoms with Gasteiger partial charge in [-0.05, 0) is 17.7 Å². The van der Waals surface area contributed by atoms with Crippen LogP contribution < -0.4 is 21.9 Å². The van der Waals surface area contributed by atoms with Crippen LogP contribution in [0, 0.1) is 0 Å². The van der Waals surface area contributed by atoms with Crippen molar-refractivity contribution in [1.82, 2.24) is 14.5 Å². The van der Waals surface area contributed by atoms with Crippen molar-refractivity contribution in [2.24, 2.45) is 12.8 Å². The molecule has 1 aromatic heterocycles. The van der Waals surface area contributed by atoms with Gasteiger partial charge in [-0.1, -0.05) is 71.4 Å². The molecule has 174 valence electrons. The molecule has 0 spiro atoms. The molecule has 1 aliphatic heterocycles. The summed E-state index contributed by atoms with van der Waals surface area (Å²) in [5.74, 6) is 0.744. The first-order valence-electron chi connectivity index (χ1n) is 10.6. The Labute approximate surface area is 207 Å². The van der Waals surface area contributed by atoms with Gasteiger partial charge in [0.2, 0.25) is 5.95 Å². The van der Waals surface area contributed by atoms with E-state index in [1.807, 2.05) is 18.2 Å². The van der Waals surface area contributed by atoms with Gasteiger partial charge in [0.25, 0.3) is 5.56 Å². The molecule has 2 heterocycles. The van der Waals surface area contributed by atoms with Gasteiger partial charge in [0.15, 0.2) is 0 Å². The Morgan fingerprint density at radius 2 is 1.76 bits per heavy atom. The van der Waals surface area contributed by atoms with Gasteiger partial charge in [-0.15, -0.1) is 0 Å². The number of nitrogens with zero attached hydrogens (tertiary/aromatic N) is 4. The Bertz CT molecular complexity index is 1180. The third-order valence-electron chi connectivity index (χ3n) is 5.72. The highest BCUT2D eigenvalue weighted by atomic mass is 35.5. The van der Waals surface area contributed by atoms with Gasteiger partial charge in [0.1, 0.15) is 10.7 Å². The van der Waals surface area contributed by atoms with Crippen LogP contribution in [0.3, 0.4) is 0 Å². The van der Waals surface area contributed by atoms with E-state index in [-0.39, 0.29) is 17.4 Å². The van der Waals surface area contributed by atoms with E-state index in [2.05, 4.69) is 26.9 Å². The van der Waals surface area contributed by atoms with Crippen LogP contribution >= 0.6 is 35.0 Å². The van der Waals surface area contributed by atoms with Crippen LogP contribution in [-0.4, -0.2) is 47.2 Å². The molecule has 0 amide bonds. The van der Waals surface area contributed by atoms with E-state index in [1.54, 1.807) is 29.8 Å². The van der Waals surface area contributed by atoms with E-state index < -0.39 is 0 Å². The Balaban J connectivity index is 1.46. The highest BCUT2D eigenvalue weighted by Gasteiger charge is 2.24. The number of nitrogens with two attached hydrogens (primary N) is 2. The van der Waals surface area contributed by atoms with Crippen molar-refractivity contribution in [3.8, 4) is 0 Å². The van der Waals surface area contributed by atoms with E-state index in [0.29, 0.717) is 25.8 Å². The van der Waals surface area contributed by atoms with Crippen LogP contribution in [0.4, 0.5) is 11.8 Å². The summed E-state index contributed by atoms with van der Waals surface area (Å²) < 4.78 is 1.54. The first kappa shape index (κ1) is 23.9. The van der Waals surface area contributed by atoms with E-state index in [4.69, 9.17) is 34.7 Å². The molecular formula is C23H26Cl2N6OS. The fraction of sp³-hybridized carbons (Fsp3) is 0.304. The topological polar surface area (TPSA) is 93.4 Å². The minimum Gasteiger partial charge on any atom is -0.382 e. The molecule has 1 saturated heterocycles. The molecule has 7 nitrogen and oxygen atoms in total. The number of hydrogen-bond acceptors (Lipinski definition) is 7. The molecule has 0 saturated carbocycles. The summed E-state index contributed by atoms with van der Waals surface area (Å²) in [5, 5.41) is 0.811. The fourth-order valence-electron chi connectivity index (χ4n) is 3.85. The van der Waals surface area contributed by atoms with Gasteiger partial charge in [0, 0.05) is 50.7 Å². The molecule has 1 aliphatic rings. The van der Waals surface area contributed by atoms with Crippen molar-refractivity contribution in [3.63, 3.8) is 0 Å². The fourth-order valence-corrected chi connectivity index (χ4v) is 5.26. The highest BCUT2D eigenvalue weighted by molar-refractivity contribution is 7.99. The highest BCUT2D eigenvalue weighted by Crippen LogP contribution is 2.37. The molecule has 10 heteroatoms. The smallest absolute Gasteiger partial charge is 0.270 e. The maximum absolute atomic E-state index is 13.1. The van der Waals surface area contributed by atoms with Crippen molar-refractivity contribution < 1.29 is 0 Å². The molecule has 4 N–H and O–H groups in total. The standard InChI is InChI=1S/C23H26Cl2N6OS/c1-29-22(32)20(33-18-9-5-8-16(24)19(18)25)21(27)28-23(29)31-12-10-30(11-13-31)14-17(26)15-6-3-2-4-7-15/h2-9,17H,10-14,26-27H2,1H3/t17-/m1/s1. The lowest BCUT2D eigenvalue weighted by atomic mass is 10.1. The van der Waals surface area contributed by atoms with E-state index in [9.17, 15) is 4.79 Å². The maximum Gasteiger partial charge on any atom is 0.270 e.